The molecule has 3 rings (SSSR count). The van der Waals surface area contributed by atoms with Crippen molar-refractivity contribution < 1.29 is 9.53 Å². The summed E-state index contributed by atoms with van der Waals surface area (Å²) >= 11 is 0. The van der Waals surface area contributed by atoms with Crippen LogP contribution in [0.5, 0.6) is 5.75 Å². The van der Waals surface area contributed by atoms with Crippen LogP contribution in [0.3, 0.4) is 0 Å². The Morgan fingerprint density at radius 1 is 1.38 bits per heavy atom. The molecule has 2 aliphatic heterocycles. The van der Waals surface area contributed by atoms with Gasteiger partial charge in [-0.3, -0.25) is 4.79 Å². The second-order valence-electron chi connectivity index (χ2n) is 6.27. The van der Waals surface area contributed by atoms with E-state index >= 15 is 0 Å². The molecular formula is C17H24N2O2. The predicted octanol–water partition coefficient (Wildman–Crippen LogP) is 2.14. The number of para-hydroxylation sites is 1. The van der Waals surface area contributed by atoms with Gasteiger partial charge in [-0.25, -0.2) is 0 Å². The molecule has 0 aromatic heterocycles. The number of carbonyl (C=O) groups excluding carboxylic acids is 1. The molecule has 0 unspecified atom stereocenters. The quantitative estimate of drug-likeness (QED) is 0.907. The van der Waals surface area contributed by atoms with Crippen LogP contribution in [0.4, 0.5) is 0 Å². The summed E-state index contributed by atoms with van der Waals surface area (Å²) < 4.78 is 5.66. The Kier molecular flexibility index (Phi) is 4.15. The summed E-state index contributed by atoms with van der Waals surface area (Å²) in [6.07, 6.45) is 2.96. The van der Waals surface area contributed by atoms with Crippen LogP contribution in [-0.2, 0) is 4.79 Å². The van der Waals surface area contributed by atoms with Gasteiger partial charge in [0.15, 0.2) is 0 Å². The van der Waals surface area contributed by atoms with E-state index in [1.165, 1.54) is 0 Å². The first-order valence-electron chi connectivity index (χ1n) is 7.93. The molecule has 1 aromatic carbocycles. The molecule has 3 atom stereocenters. The van der Waals surface area contributed by atoms with Crippen molar-refractivity contribution in [2.75, 3.05) is 19.7 Å². The molecular weight excluding hydrogens is 264 g/mol. The first-order valence-corrected chi connectivity index (χ1v) is 7.93. The van der Waals surface area contributed by atoms with Gasteiger partial charge in [0.1, 0.15) is 5.75 Å². The van der Waals surface area contributed by atoms with Gasteiger partial charge in [-0.1, -0.05) is 18.2 Å². The molecule has 21 heavy (non-hydrogen) atoms. The Morgan fingerprint density at radius 3 is 3.00 bits per heavy atom. The van der Waals surface area contributed by atoms with Gasteiger partial charge in [0.2, 0.25) is 5.91 Å². The fourth-order valence-electron chi connectivity index (χ4n) is 3.46. The number of piperidine rings is 1. The third-order valence-electron chi connectivity index (χ3n) is 4.77. The second kappa shape index (κ2) is 6.06. The molecule has 0 bridgehead atoms. The molecule has 0 aliphatic carbocycles. The average molecular weight is 288 g/mol. The maximum absolute atomic E-state index is 12.9. The van der Waals surface area contributed by atoms with Crippen LogP contribution in [-0.4, -0.2) is 36.5 Å². The highest BCUT2D eigenvalue weighted by molar-refractivity contribution is 5.85. The van der Waals surface area contributed by atoms with Crippen molar-refractivity contribution in [3.05, 3.63) is 29.8 Å². The number of fused-ring (bicyclic) bond motifs is 1. The molecule has 2 N–H and O–H groups in total. The van der Waals surface area contributed by atoms with Crippen molar-refractivity contribution in [3.63, 3.8) is 0 Å². The highest BCUT2D eigenvalue weighted by Gasteiger charge is 2.33. The maximum Gasteiger partial charge on any atom is 0.230 e. The summed E-state index contributed by atoms with van der Waals surface area (Å²) in [7, 11) is 0. The van der Waals surface area contributed by atoms with Crippen molar-refractivity contribution in [2.45, 2.75) is 38.1 Å². The summed E-state index contributed by atoms with van der Waals surface area (Å²) in [5.41, 5.74) is 7.07. The van der Waals surface area contributed by atoms with Crippen LogP contribution in [0.15, 0.2) is 24.3 Å². The van der Waals surface area contributed by atoms with E-state index in [0.717, 1.165) is 43.7 Å². The molecule has 114 valence electrons. The van der Waals surface area contributed by atoms with E-state index in [9.17, 15) is 4.79 Å². The zero-order valence-corrected chi connectivity index (χ0v) is 12.6. The van der Waals surface area contributed by atoms with Gasteiger partial charge in [0.05, 0.1) is 12.5 Å². The number of hydrogen-bond donors (Lipinski definition) is 1. The van der Waals surface area contributed by atoms with Gasteiger partial charge in [0.25, 0.3) is 0 Å². The van der Waals surface area contributed by atoms with Crippen molar-refractivity contribution >= 4 is 5.91 Å². The molecule has 4 nitrogen and oxygen atoms in total. The maximum atomic E-state index is 12.9. The van der Waals surface area contributed by atoms with Gasteiger partial charge in [-0.2, -0.15) is 0 Å². The van der Waals surface area contributed by atoms with Gasteiger partial charge in [-0.05, 0) is 38.2 Å². The molecule has 0 spiro atoms. The average Bonchev–Trinajstić information content (AvgIpc) is 2.53. The van der Waals surface area contributed by atoms with Gasteiger partial charge in [0, 0.05) is 24.7 Å². The number of ether oxygens (including phenoxy) is 1. The minimum Gasteiger partial charge on any atom is -0.493 e. The fraction of sp³-hybridized carbons (Fsp3) is 0.588. The number of hydrogen-bond acceptors (Lipinski definition) is 3. The number of nitrogens with zero attached hydrogens (tertiary/aromatic N) is 1. The molecule has 1 amide bonds. The Labute approximate surface area is 126 Å². The molecule has 0 radical (unpaired) electrons. The Balaban J connectivity index is 1.77. The molecule has 1 aromatic rings. The van der Waals surface area contributed by atoms with E-state index in [1.807, 2.05) is 36.1 Å². The van der Waals surface area contributed by atoms with Crippen LogP contribution in [0.1, 0.15) is 37.7 Å². The van der Waals surface area contributed by atoms with E-state index in [2.05, 4.69) is 0 Å². The fourth-order valence-corrected chi connectivity index (χ4v) is 3.46. The Morgan fingerprint density at radius 2 is 2.19 bits per heavy atom. The number of carbonyl (C=O) groups is 1. The molecule has 2 aliphatic rings. The first-order chi connectivity index (χ1) is 10.2. The molecule has 2 heterocycles. The molecule has 1 saturated heterocycles. The molecule has 0 saturated carbocycles. The minimum atomic E-state index is -0.0539. The number of nitrogens with two attached hydrogens (primary N) is 1. The summed E-state index contributed by atoms with van der Waals surface area (Å²) in [6, 6.07) is 8.07. The van der Waals surface area contributed by atoms with E-state index in [4.69, 9.17) is 10.5 Å². The van der Waals surface area contributed by atoms with Gasteiger partial charge < -0.3 is 15.4 Å². The van der Waals surface area contributed by atoms with Crippen molar-refractivity contribution in [3.8, 4) is 5.75 Å². The lowest BCUT2D eigenvalue weighted by Gasteiger charge is -2.37. The summed E-state index contributed by atoms with van der Waals surface area (Å²) in [5, 5.41) is 0. The summed E-state index contributed by atoms with van der Waals surface area (Å²) in [4.78, 5) is 14.9. The zero-order chi connectivity index (χ0) is 14.8. The minimum absolute atomic E-state index is 0.0539. The second-order valence-corrected chi connectivity index (χ2v) is 6.27. The standard InChI is InChI=1S/C17H24N2O2/c1-12(18)13-5-4-9-19(11-13)17(20)15-8-10-21-16-7-3-2-6-14(15)16/h2-3,6-7,12-13,15H,4-5,8-11,18H2,1H3/t12-,13+,15-/m0/s1. The van der Waals surface area contributed by atoms with Crippen LogP contribution >= 0.6 is 0 Å². The monoisotopic (exact) mass is 288 g/mol. The lowest BCUT2D eigenvalue weighted by molar-refractivity contribution is -0.135. The number of amides is 1. The molecule has 4 heteroatoms. The van der Waals surface area contributed by atoms with Crippen LogP contribution in [0, 0.1) is 5.92 Å². The van der Waals surface area contributed by atoms with Crippen LogP contribution in [0.25, 0.3) is 0 Å². The van der Waals surface area contributed by atoms with E-state index < -0.39 is 0 Å². The predicted molar refractivity (Wildman–Crippen MR) is 82.2 cm³/mol. The summed E-state index contributed by atoms with van der Waals surface area (Å²) in [6.45, 7) is 4.33. The van der Waals surface area contributed by atoms with E-state index in [0.29, 0.717) is 12.5 Å². The smallest absolute Gasteiger partial charge is 0.230 e. The molecule has 1 fully saturated rings. The van der Waals surface area contributed by atoms with Crippen LogP contribution < -0.4 is 10.5 Å². The Bertz CT molecular complexity index is 515. The number of rotatable bonds is 2. The SMILES string of the molecule is C[C@H](N)[C@@H]1CCCN(C(=O)[C@H]2CCOc3ccccc32)C1. The van der Waals surface area contributed by atoms with Crippen molar-refractivity contribution in [2.24, 2.45) is 11.7 Å². The third kappa shape index (κ3) is 2.91. The first kappa shape index (κ1) is 14.4. The lowest BCUT2D eigenvalue weighted by Crippen LogP contribution is -2.47. The van der Waals surface area contributed by atoms with Crippen molar-refractivity contribution in [1.82, 2.24) is 4.90 Å². The van der Waals surface area contributed by atoms with Gasteiger partial charge in [-0.15, -0.1) is 0 Å². The topological polar surface area (TPSA) is 55.6 Å². The Hall–Kier alpha value is -1.55. The number of likely N-dealkylation sites (tertiary alicyclic amines) is 1. The van der Waals surface area contributed by atoms with Crippen molar-refractivity contribution in [1.29, 1.82) is 0 Å². The van der Waals surface area contributed by atoms with E-state index in [1.54, 1.807) is 0 Å². The number of benzene rings is 1. The largest absolute Gasteiger partial charge is 0.493 e. The summed E-state index contributed by atoms with van der Waals surface area (Å²) in [5.74, 6) is 1.48. The lowest BCUT2D eigenvalue weighted by atomic mass is 9.88. The highest BCUT2D eigenvalue weighted by Crippen LogP contribution is 2.35. The normalized spacial score (nSPS) is 26.7. The third-order valence-corrected chi connectivity index (χ3v) is 4.77. The van der Waals surface area contributed by atoms with Crippen LogP contribution in [0.2, 0.25) is 0 Å². The zero-order valence-electron chi connectivity index (χ0n) is 12.6. The highest BCUT2D eigenvalue weighted by atomic mass is 16.5. The van der Waals surface area contributed by atoms with Gasteiger partial charge >= 0.3 is 0 Å². The van der Waals surface area contributed by atoms with E-state index in [-0.39, 0.29) is 17.9 Å².